The Hall–Kier alpha value is -2.98. The van der Waals surface area contributed by atoms with E-state index in [4.69, 9.17) is 14.6 Å². The number of hydrogen-bond donors (Lipinski definition) is 2. The zero-order valence-corrected chi connectivity index (χ0v) is 16.8. The molecule has 2 aliphatic heterocycles. The van der Waals surface area contributed by atoms with E-state index in [-0.39, 0.29) is 30.3 Å². The Bertz CT molecular complexity index is 887. The first-order chi connectivity index (χ1) is 15.0. The van der Waals surface area contributed by atoms with Crippen molar-refractivity contribution in [3.63, 3.8) is 0 Å². The fourth-order valence-corrected chi connectivity index (χ4v) is 4.13. The summed E-state index contributed by atoms with van der Waals surface area (Å²) < 4.78 is 32.6. The molecular formula is C21H24F2N4O4. The van der Waals surface area contributed by atoms with Gasteiger partial charge in [-0.15, -0.1) is 0 Å². The van der Waals surface area contributed by atoms with E-state index < -0.39 is 11.6 Å². The van der Waals surface area contributed by atoms with Crippen molar-refractivity contribution in [2.24, 2.45) is 11.8 Å². The lowest BCUT2D eigenvalue weighted by Crippen LogP contribution is -2.52. The molecule has 2 N–H and O–H groups in total. The number of likely N-dealkylation sites (tertiary alicyclic amines) is 1. The largest absolute Gasteiger partial charge is 0.483 e. The molecule has 0 spiro atoms. The lowest BCUT2D eigenvalue weighted by atomic mass is 9.79. The smallest absolute Gasteiger partial charge is 0.290 e. The molecule has 0 bridgehead atoms. The summed E-state index contributed by atoms with van der Waals surface area (Å²) in [6.07, 6.45) is 6.09. The van der Waals surface area contributed by atoms with Crippen LogP contribution in [0.25, 0.3) is 0 Å². The number of carbonyl (C=O) groups is 2. The summed E-state index contributed by atoms with van der Waals surface area (Å²) in [6, 6.07) is 3.98. The van der Waals surface area contributed by atoms with Gasteiger partial charge in [0, 0.05) is 50.5 Å². The zero-order chi connectivity index (χ0) is 22.2. The van der Waals surface area contributed by atoms with E-state index in [9.17, 15) is 13.6 Å². The maximum absolute atomic E-state index is 13.5. The van der Waals surface area contributed by atoms with Gasteiger partial charge in [0.1, 0.15) is 0 Å². The quantitative estimate of drug-likeness (QED) is 0.712. The first-order valence-corrected chi connectivity index (χ1v) is 9.94. The second-order valence-corrected chi connectivity index (χ2v) is 7.43. The van der Waals surface area contributed by atoms with Crippen LogP contribution in [-0.2, 0) is 20.9 Å². The van der Waals surface area contributed by atoms with Crippen LogP contribution < -0.4 is 5.32 Å². The van der Waals surface area contributed by atoms with E-state index in [2.05, 4.69) is 20.2 Å². The van der Waals surface area contributed by atoms with Crippen molar-refractivity contribution in [1.29, 1.82) is 0 Å². The van der Waals surface area contributed by atoms with Crippen LogP contribution in [-0.4, -0.2) is 58.2 Å². The molecule has 2 aliphatic rings. The van der Waals surface area contributed by atoms with Gasteiger partial charge >= 0.3 is 0 Å². The molecule has 1 amide bonds. The molecule has 0 saturated carbocycles. The Morgan fingerprint density at radius 2 is 2.10 bits per heavy atom. The second kappa shape index (κ2) is 10.9. The zero-order valence-electron chi connectivity index (χ0n) is 16.8. The summed E-state index contributed by atoms with van der Waals surface area (Å²) in [5.74, 6) is -1.46. The molecule has 1 aromatic heterocycles. The van der Waals surface area contributed by atoms with Crippen molar-refractivity contribution in [2.75, 3.05) is 25.0 Å². The van der Waals surface area contributed by atoms with Crippen LogP contribution in [0.3, 0.4) is 0 Å². The molecule has 2 saturated heterocycles. The van der Waals surface area contributed by atoms with Crippen molar-refractivity contribution in [1.82, 2.24) is 14.9 Å². The number of aromatic nitrogens is 2. The minimum absolute atomic E-state index is 0.0348. The van der Waals surface area contributed by atoms with Crippen molar-refractivity contribution in [3.05, 3.63) is 54.0 Å². The highest BCUT2D eigenvalue weighted by atomic mass is 19.2. The van der Waals surface area contributed by atoms with Crippen LogP contribution in [0, 0.1) is 23.5 Å². The summed E-state index contributed by atoms with van der Waals surface area (Å²) in [5, 5.41) is 9.73. The van der Waals surface area contributed by atoms with Gasteiger partial charge in [0.15, 0.2) is 17.5 Å². The highest BCUT2D eigenvalue weighted by molar-refractivity contribution is 5.91. The average molecular weight is 434 g/mol. The number of rotatable bonds is 4. The Kier molecular flexibility index (Phi) is 7.96. The Morgan fingerprint density at radius 3 is 2.81 bits per heavy atom. The fraction of sp³-hybridized carbons (Fsp3) is 0.429. The number of halogens is 2. The number of anilines is 1. The molecule has 31 heavy (non-hydrogen) atoms. The lowest BCUT2D eigenvalue weighted by Gasteiger charge is -2.44. The van der Waals surface area contributed by atoms with Gasteiger partial charge in [-0.3, -0.25) is 19.5 Å². The standard InChI is InChI=1S/C20H22F2N4O2.CH2O2/c21-16-2-1-13(9-17(16)22)11-26-7-3-18-15(12-26)14(4-8-28-18)20(27)25-19-10-23-5-6-24-19;2-1-3/h1-2,5-6,9-10,14-15,18H,3-4,7-8,11-12H2,(H,24,25,27);1H,(H,2,3)/t14-,15-,18-;/m1./s1. The summed E-state index contributed by atoms with van der Waals surface area (Å²) in [7, 11) is 0. The Labute approximate surface area is 178 Å². The maximum atomic E-state index is 13.5. The number of amides is 1. The van der Waals surface area contributed by atoms with E-state index in [1.54, 1.807) is 12.3 Å². The van der Waals surface area contributed by atoms with E-state index in [0.29, 0.717) is 31.9 Å². The highest BCUT2D eigenvalue weighted by Crippen LogP contribution is 2.34. The van der Waals surface area contributed by atoms with Gasteiger partial charge in [0.05, 0.1) is 12.3 Å². The number of hydrogen-bond acceptors (Lipinski definition) is 6. The molecule has 1 aromatic carbocycles. The van der Waals surface area contributed by atoms with Gasteiger partial charge in [-0.2, -0.15) is 0 Å². The summed E-state index contributed by atoms with van der Waals surface area (Å²) in [6.45, 7) is 2.28. The van der Waals surface area contributed by atoms with Gasteiger partial charge in [-0.25, -0.2) is 13.8 Å². The van der Waals surface area contributed by atoms with Gasteiger partial charge in [-0.1, -0.05) is 6.07 Å². The molecule has 0 unspecified atom stereocenters. The van der Waals surface area contributed by atoms with Gasteiger partial charge in [-0.05, 0) is 30.5 Å². The van der Waals surface area contributed by atoms with E-state index in [0.717, 1.165) is 24.6 Å². The molecule has 2 fully saturated rings. The number of carbonyl (C=O) groups excluding carboxylic acids is 1. The normalized spacial score (nSPS) is 23.1. The highest BCUT2D eigenvalue weighted by Gasteiger charge is 2.41. The Balaban J connectivity index is 0.000000858. The molecule has 8 nitrogen and oxygen atoms in total. The fourth-order valence-electron chi connectivity index (χ4n) is 4.13. The van der Waals surface area contributed by atoms with Gasteiger partial charge in [0.2, 0.25) is 5.91 Å². The van der Waals surface area contributed by atoms with Crippen LogP contribution in [0.15, 0.2) is 36.8 Å². The molecule has 3 heterocycles. The van der Waals surface area contributed by atoms with Crippen LogP contribution in [0.5, 0.6) is 0 Å². The van der Waals surface area contributed by atoms with Gasteiger partial charge < -0.3 is 15.2 Å². The van der Waals surface area contributed by atoms with Crippen LogP contribution in [0.4, 0.5) is 14.6 Å². The second-order valence-electron chi connectivity index (χ2n) is 7.43. The van der Waals surface area contributed by atoms with Crippen LogP contribution in [0.2, 0.25) is 0 Å². The minimum Gasteiger partial charge on any atom is -0.483 e. The molecular weight excluding hydrogens is 410 g/mol. The van der Waals surface area contributed by atoms with Crippen molar-refractivity contribution in [3.8, 4) is 0 Å². The first kappa shape index (κ1) is 22.7. The predicted octanol–water partition coefficient (Wildman–Crippen LogP) is 2.32. The molecule has 4 rings (SSSR count). The van der Waals surface area contributed by atoms with E-state index >= 15 is 0 Å². The van der Waals surface area contributed by atoms with Crippen LogP contribution >= 0.6 is 0 Å². The third kappa shape index (κ3) is 6.02. The number of nitrogens with one attached hydrogen (secondary N) is 1. The number of nitrogens with zero attached hydrogens (tertiary/aromatic N) is 3. The number of fused-ring (bicyclic) bond motifs is 1. The van der Waals surface area contributed by atoms with Crippen molar-refractivity contribution in [2.45, 2.75) is 25.5 Å². The summed E-state index contributed by atoms with van der Waals surface area (Å²) in [4.78, 5) is 31.4. The SMILES string of the molecule is O=C(Nc1cnccn1)[C@@H]1CCO[C@@H]2CCN(Cc3ccc(F)c(F)c3)C[C@@H]21.O=CO. The third-order valence-electron chi connectivity index (χ3n) is 5.50. The van der Waals surface area contributed by atoms with Crippen molar-refractivity contribution >= 4 is 18.2 Å². The number of benzene rings is 1. The molecule has 0 radical (unpaired) electrons. The first-order valence-electron chi connectivity index (χ1n) is 9.94. The van der Waals surface area contributed by atoms with E-state index in [1.165, 1.54) is 18.5 Å². The molecule has 3 atom stereocenters. The minimum atomic E-state index is -0.844. The number of carboxylic acid groups (broad SMARTS) is 1. The monoisotopic (exact) mass is 434 g/mol. The molecule has 2 aromatic rings. The predicted molar refractivity (Wildman–Crippen MR) is 107 cm³/mol. The molecule has 0 aliphatic carbocycles. The summed E-state index contributed by atoms with van der Waals surface area (Å²) in [5.41, 5.74) is 0.717. The lowest BCUT2D eigenvalue weighted by molar-refractivity contribution is -0.137. The number of ether oxygens (including phenoxy) is 1. The third-order valence-corrected chi connectivity index (χ3v) is 5.50. The molecule has 166 valence electrons. The summed E-state index contributed by atoms with van der Waals surface area (Å²) >= 11 is 0. The van der Waals surface area contributed by atoms with Crippen LogP contribution in [0.1, 0.15) is 18.4 Å². The average Bonchev–Trinajstić information content (AvgIpc) is 2.77. The van der Waals surface area contributed by atoms with Crippen molar-refractivity contribution < 1.29 is 28.2 Å². The van der Waals surface area contributed by atoms with Gasteiger partial charge in [0.25, 0.3) is 6.47 Å². The topological polar surface area (TPSA) is 105 Å². The molecule has 10 heteroatoms. The number of piperidine rings is 1. The Morgan fingerprint density at radius 1 is 1.29 bits per heavy atom. The van der Waals surface area contributed by atoms with E-state index in [1.807, 2.05) is 0 Å². The maximum Gasteiger partial charge on any atom is 0.290 e.